The normalized spacial score (nSPS) is 15.5. The first-order valence-corrected chi connectivity index (χ1v) is 11.0. The lowest BCUT2D eigenvalue weighted by atomic mass is 10.1. The predicted molar refractivity (Wildman–Crippen MR) is 126 cm³/mol. The Bertz CT molecular complexity index is 1120. The van der Waals surface area contributed by atoms with E-state index in [1.807, 2.05) is 72.3 Å². The Morgan fingerprint density at radius 1 is 1.16 bits per heavy atom. The van der Waals surface area contributed by atoms with E-state index in [4.69, 9.17) is 0 Å². The minimum atomic E-state index is -0.501. The number of carbonyl (C=O) groups is 2. The Morgan fingerprint density at radius 2 is 1.91 bits per heavy atom. The molecule has 0 saturated carbocycles. The van der Waals surface area contributed by atoms with Crippen LogP contribution in [0.25, 0.3) is 0 Å². The first-order valence-electron chi connectivity index (χ1n) is 11.0. The van der Waals surface area contributed by atoms with Crippen molar-refractivity contribution in [2.45, 2.75) is 38.8 Å². The number of hydrogen-bond acceptors (Lipinski definition) is 3. The van der Waals surface area contributed by atoms with Crippen LogP contribution in [0.15, 0.2) is 73.3 Å². The van der Waals surface area contributed by atoms with Gasteiger partial charge in [-0.25, -0.2) is 0 Å². The predicted octanol–water partition coefficient (Wildman–Crippen LogP) is 4.21. The largest absolute Gasteiger partial charge is 0.325 e. The molecule has 1 fully saturated rings. The Kier molecular flexibility index (Phi) is 6.50. The van der Waals surface area contributed by atoms with Crippen molar-refractivity contribution in [3.8, 4) is 0 Å². The standard InChI is InChI=1S/C26H28N4O2/c1-3-10-21-13-7-8-14-22(21)27-25(31)24-15-9-16-29(24)26(32)23-17-19(2)30(28-23)18-20-11-5-4-6-12-20/h3-8,11-14,17,24H,1,9-10,15-16,18H2,2H3,(H,27,31)/t24-/m0/s1. The molecule has 1 aliphatic heterocycles. The zero-order valence-corrected chi connectivity index (χ0v) is 18.3. The number of rotatable bonds is 7. The second-order valence-corrected chi connectivity index (χ2v) is 8.11. The van der Waals surface area contributed by atoms with Crippen molar-refractivity contribution >= 4 is 17.5 Å². The first kappa shape index (κ1) is 21.6. The van der Waals surface area contributed by atoms with E-state index in [0.717, 1.165) is 28.9 Å². The number of amides is 2. The van der Waals surface area contributed by atoms with Gasteiger partial charge in [-0.05, 0) is 49.4 Å². The van der Waals surface area contributed by atoms with E-state index >= 15 is 0 Å². The van der Waals surface area contributed by atoms with Crippen LogP contribution < -0.4 is 5.32 Å². The van der Waals surface area contributed by atoms with Crippen molar-refractivity contribution < 1.29 is 9.59 Å². The number of nitrogens with one attached hydrogen (secondary N) is 1. The minimum Gasteiger partial charge on any atom is -0.325 e. The van der Waals surface area contributed by atoms with Gasteiger partial charge in [0.2, 0.25) is 5.91 Å². The van der Waals surface area contributed by atoms with Gasteiger partial charge in [0.1, 0.15) is 6.04 Å². The van der Waals surface area contributed by atoms with Crippen molar-refractivity contribution in [2.75, 3.05) is 11.9 Å². The number of nitrogens with zero attached hydrogens (tertiary/aromatic N) is 3. The fraction of sp³-hybridized carbons (Fsp3) is 0.269. The van der Waals surface area contributed by atoms with Crippen molar-refractivity contribution in [2.24, 2.45) is 0 Å². The van der Waals surface area contributed by atoms with E-state index in [-0.39, 0.29) is 11.8 Å². The molecule has 0 radical (unpaired) electrons. The molecule has 2 heterocycles. The third-order valence-electron chi connectivity index (χ3n) is 5.83. The van der Waals surface area contributed by atoms with Gasteiger partial charge in [0.05, 0.1) is 6.54 Å². The fourth-order valence-electron chi connectivity index (χ4n) is 4.15. The Balaban J connectivity index is 1.49. The molecule has 4 rings (SSSR count). The van der Waals surface area contributed by atoms with Crippen LogP contribution in [0.5, 0.6) is 0 Å². The van der Waals surface area contributed by atoms with Crippen molar-refractivity contribution in [3.05, 3.63) is 95.8 Å². The summed E-state index contributed by atoms with van der Waals surface area (Å²) in [5.41, 5.74) is 4.18. The number of aryl methyl sites for hydroxylation is 1. The fourth-order valence-corrected chi connectivity index (χ4v) is 4.15. The van der Waals surface area contributed by atoms with Gasteiger partial charge >= 0.3 is 0 Å². The maximum atomic E-state index is 13.3. The van der Waals surface area contributed by atoms with Crippen LogP contribution in [0.2, 0.25) is 0 Å². The van der Waals surface area contributed by atoms with E-state index < -0.39 is 6.04 Å². The topological polar surface area (TPSA) is 67.2 Å². The number of anilines is 1. The summed E-state index contributed by atoms with van der Waals surface area (Å²) in [4.78, 5) is 28.0. The molecule has 0 unspecified atom stereocenters. The van der Waals surface area contributed by atoms with Crippen LogP contribution in [-0.2, 0) is 17.8 Å². The molecule has 2 aromatic carbocycles. The van der Waals surface area contributed by atoms with Crippen LogP contribution in [0.4, 0.5) is 5.69 Å². The number of para-hydroxylation sites is 1. The molecule has 0 bridgehead atoms. The van der Waals surface area contributed by atoms with Gasteiger partial charge in [-0.3, -0.25) is 14.3 Å². The molecule has 1 aromatic heterocycles. The molecule has 1 saturated heterocycles. The monoisotopic (exact) mass is 428 g/mol. The summed E-state index contributed by atoms with van der Waals surface area (Å²) in [6, 6.07) is 19.0. The molecule has 2 amide bonds. The molecule has 1 atom stereocenters. The zero-order valence-electron chi connectivity index (χ0n) is 18.3. The number of allylic oxidation sites excluding steroid dienone is 1. The average Bonchev–Trinajstić information content (AvgIpc) is 3.43. The molecule has 1 aliphatic rings. The summed E-state index contributed by atoms with van der Waals surface area (Å²) in [5.74, 6) is -0.357. The summed E-state index contributed by atoms with van der Waals surface area (Å²) >= 11 is 0. The van der Waals surface area contributed by atoms with Gasteiger partial charge in [-0.15, -0.1) is 6.58 Å². The Hall–Kier alpha value is -3.67. The van der Waals surface area contributed by atoms with Gasteiger partial charge in [0.25, 0.3) is 5.91 Å². The van der Waals surface area contributed by atoms with Gasteiger partial charge in [-0.1, -0.05) is 54.6 Å². The highest BCUT2D eigenvalue weighted by Gasteiger charge is 2.35. The van der Waals surface area contributed by atoms with E-state index in [1.165, 1.54) is 0 Å². The molecule has 0 spiro atoms. The third-order valence-corrected chi connectivity index (χ3v) is 5.83. The van der Waals surface area contributed by atoms with Crippen molar-refractivity contribution in [1.82, 2.24) is 14.7 Å². The van der Waals surface area contributed by atoms with Crippen LogP contribution >= 0.6 is 0 Å². The maximum Gasteiger partial charge on any atom is 0.275 e. The second kappa shape index (κ2) is 9.64. The molecule has 32 heavy (non-hydrogen) atoms. The molecule has 1 N–H and O–H groups in total. The minimum absolute atomic E-state index is 0.159. The molecular formula is C26H28N4O2. The summed E-state index contributed by atoms with van der Waals surface area (Å²) < 4.78 is 1.83. The number of aromatic nitrogens is 2. The van der Waals surface area contributed by atoms with Crippen LogP contribution in [0.1, 0.15) is 40.2 Å². The van der Waals surface area contributed by atoms with Crippen LogP contribution in [-0.4, -0.2) is 39.1 Å². The lowest BCUT2D eigenvalue weighted by molar-refractivity contribution is -0.119. The third kappa shape index (κ3) is 4.64. The van der Waals surface area contributed by atoms with Crippen LogP contribution in [0, 0.1) is 6.92 Å². The highest BCUT2D eigenvalue weighted by atomic mass is 16.2. The summed E-state index contributed by atoms with van der Waals surface area (Å²) in [5, 5.41) is 7.57. The molecule has 3 aromatic rings. The number of carbonyl (C=O) groups excluding carboxylic acids is 2. The van der Waals surface area contributed by atoms with Gasteiger partial charge < -0.3 is 10.2 Å². The molecule has 6 heteroatoms. The lowest BCUT2D eigenvalue weighted by Crippen LogP contribution is -2.43. The Labute approximate surface area is 188 Å². The number of likely N-dealkylation sites (tertiary alicyclic amines) is 1. The summed E-state index contributed by atoms with van der Waals surface area (Å²) in [7, 11) is 0. The maximum absolute atomic E-state index is 13.3. The van der Waals surface area contributed by atoms with E-state index in [0.29, 0.717) is 31.6 Å². The Morgan fingerprint density at radius 3 is 2.69 bits per heavy atom. The molecule has 0 aliphatic carbocycles. The van der Waals surface area contributed by atoms with E-state index in [9.17, 15) is 9.59 Å². The highest BCUT2D eigenvalue weighted by Crippen LogP contribution is 2.23. The van der Waals surface area contributed by atoms with Gasteiger partial charge in [0, 0.05) is 17.9 Å². The SMILES string of the molecule is C=CCc1ccccc1NC(=O)[C@@H]1CCCN1C(=O)c1cc(C)n(Cc2ccccc2)n1. The second-order valence-electron chi connectivity index (χ2n) is 8.11. The van der Waals surface area contributed by atoms with Gasteiger partial charge in [-0.2, -0.15) is 5.10 Å². The molecule has 6 nitrogen and oxygen atoms in total. The first-order chi connectivity index (χ1) is 15.6. The summed E-state index contributed by atoms with van der Waals surface area (Å²) in [6.07, 6.45) is 3.92. The van der Waals surface area contributed by atoms with E-state index in [1.54, 1.807) is 11.0 Å². The molecule has 164 valence electrons. The van der Waals surface area contributed by atoms with E-state index in [2.05, 4.69) is 17.0 Å². The van der Waals surface area contributed by atoms with Gasteiger partial charge in [0.15, 0.2) is 5.69 Å². The lowest BCUT2D eigenvalue weighted by Gasteiger charge is -2.23. The number of benzene rings is 2. The van der Waals surface area contributed by atoms with Crippen LogP contribution in [0.3, 0.4) is 0 Å². The van der Waals surface area contributed by atoms with Crippen molar-refractivity contribution in [3.63, 3.8) is 0 Å². The number of hydrogen-bond donors (Lipinski definition) is 1. The quantitative estimate of drug-likeness (QED) is 0.573. The van der Waals surface area contributed by atoms with Crippen molar-refractivity contribution in [1.29, 1.82) is 0 Å². The highest BCUT2D eigenvalue weighted by molar-refractivity contribution is 6.01. The smallest absolute Gasteiger partial charge is 0.275 e. The zero-order chi connectivity index (χ0) is 22.5. The summed E-state index contributed by atoms with van der Waals surface area (Å²) in [6.45, 7) is 6.88. The molecular weight excluding hydrogens is 400 g/mol. The average molecular weight is 429 g/mol.